The van der Waals surface area contributed by atoms with E-state index in [2.05, 4.69) is 10.3 Å². The first-order valence-corrected chi connectivity index (χ1v) is 10.5. The van der Waals surface area contributed by atoms with Gasteiger partial charge in [0.2, 0.25) is 5.91 Å². The summed E-state index contributed by atoms with van der Waals surface area (Å²) in [4.78, 5) is 28.9. The Balaban J connectivity index is 1.49. The molecule has 3 aromatic rings. The highest BCUT2D eigenvalue weighted by Gasteiger charge is 2.32. The first-order valence-electron chi connectivity index (χ1n) is 9.52. The number of aliphatic imine (C=N–C) groups is 1. The summed E-state index contributed by atoms with van der Waals surface area (Å²) in [5.74, 6) is -0.450. The summed E-state index contributed by atoms with van der Waals surface area (Å²) in [6, 6.07) is 11.5. The number of para-hydroxylation sites is 2. The van der Waals surface area contributed by atoms with Crippen molar-refractivity contribution in [2.24, 2.45) is 10.7 Å². The van der Waals surface area contributed by atoms with Crippen LogP contribution in [-0.4, -0.2) is 21.4 Å². The van der Waals surface area contributed by atoms with Crippen LogP contribution in [0.3, 0.4) is 0 Å². The monoisotopic (exact) mass is 428 g/mol. The zero-order valence-corrected chi connectivity index (χ0v) is 17.2. The topological polar surface area (TPSA) is 103 Å². The molecule has 0 spiro atoms. The van der Waals surface area contributed by atoms with Crippen molar-refractivity contribution in [3.05, 3.63) is 64.4 Å². The molecule has 1 unspecified atom stereocenters. The van der Waals surface area contributed by atoms with Crippen molar-refractivity contribution in [1.82, 2.24) is 4.57 Å². The minimum atomic E-state index is -0.775. The molecule has 7 nitrogen and oxygen atoms in total. The van der Waals surface area contributed by atoms with E-state index < -0.39 is 17.1 Å². The van der Waals surface area contributed by atoms with E-state index in [9.17, 15) is 14.0 Å². The average molecular weight is 428 g/mol. The molecule has 4 rings (SSSR count). The molecule has 0 saturated carbocycles. The molecule has 2 heterocycles. The zero-order valence-electron chi connectivity index (χ0n) is 16.4. The van der Waals surface area contributed by atoms with Gasteiger partial charge in [-0.3, -0.25) is 14.4 Å². The summed E-state index contributed by atoms with van der Waals surface area (Å²) < 4.78 is 21.1. The molecule has 2 aromatic carbocycles. The van der Waals surface area contributed by atoms with Crippen LogP contribution in [0, 0.1) is 5.82 Å². The Morgan fingerprint density at radius 3 is 2.97 bits per heavy atom. The van der Waals surface area contributed by atoms with E-state index in [-0.39, 0.29) is 18.9 Å². The second kappa shape index (κ2) is 7.98. The number of thioether (sulfide) groups is 1. The maximum atomic E-state index is 14.5. The number of halogens is 1. The second-order valence-electron chi connectivity index (χ2n) is 7.30. The van der Waals surface area contributed by atoms with E-state index in [1.165, 1.54) is 28.5 Å². The van der Waals surface area contributed by atoms with Gasteiger partial charge in [0.25, 0.3) is 0 Å². The Bertz CT molecular complexity index is 1200. The number of amidine groups is 1. The van der Waals surface area contributed by atoms with Crippen molar-refractivity contribution in [2.45, 2.75) is 31.8 Å². The van der Waals surface area contributed by atoms with Gasteiger partial charge in [0, 0.05) is 30.0 Å². The third kappa shape index (κ3) is 3.97. The molecule has 0 fully saturated rings. The minimum Gasteiger partial charge on any atom is -0.408 e. The molecule has 1 aromatic heterocycles. The molecule has 1 amide bonds. The zero-order chi connectivity index (χ0) is 21.3. The number of fused-ring (bicyclic) bond motifs is 1. The van der Waals surface area contributed by atoms with Crippen molar-refractivity contribution < 1.29 is 13.6 Å². The van der Waals surface area contributed by atoms with Crippen LogP contribution in [-0.2, 0) is 16.9 Å². The smallest absolute Gasteiger partial charge is 0.408 e. The molecule has 30 heavy (non-hydrogen) atoms. The third-order valence-corrected chi connectivity index (χ3v) is 5.96. The van der Waals surface area contributed by atoms with Crippen LogP contribution in [0.25, 0.3) is 11.1 Å². The number of hydrogen-bond donors (Lipinski definition) is 2. The summed E-state index contributed by atoms with van der Waals surface area (Å²) in [7, 11) is 0. The SMILES string of the molecule is CC1(c2cc(NC(=O)CCn3c(=O)oc4ccccc43)ccc2F)CCSC(N)=N1. The summed E-state index contributed by atoms with van der Waals surface area (Å²) in [6.07, 6.45) is 0.707. The molecule has 156 valence electrons. The minimum absolute atomic E-state index is 0.0646. The lowest BCUT2D eigenvalue weighted by Gasteiger charge is -2.30. The molecule has 1 aliphatic rings. The molecular weight excluding hydrogens is 407 g/mol. The fourth-order valence-electron chi connectivity index (χ4n) is 3.56. The Morgan fingerprint density at radius 2 is 2.17 bits per heavy atom. The van der Waals surface area contributed by atoms with Gasteiger partial charge in [-0.15, -0.1) is 0 Å². The van der Waals surface area contributed by atoms with Crippen LogP contribution >= 0.6 is 11.8 Å². The van der Waals surface area contributed by atoms with E-state index in [1.807, 2.05) is 6.92 Å². The van der Waals surface area contributed by atoms with Gasteiger partial charge >= 0.3 is 5.76 Å². The van der Waals surface area contributed by atoms with Crippen molar-refractivity contribution >= 4 is 39.6 Å². The summed E-state index contributed by atoms with van der Waals surface area (Å²) in [5.41, 5.74) is 7.03. The standard InChI is InChI=1S/C21H21FN4O3S/c1-21(9-11-30-19(23)25-21)14-12-13(6-7-15(14)22)24-18(27)8-10-26-16-4-2-3-5-17(16)29-20(26)28/h2-7,12H,8-11H2,1H3,(H2,23,25)(H,24,27). The summed E-state index contributed by atoms with van der Waals surface area (Å²) in [5, 5.41) is 3.20. The van der Waals surface area contributed by atoms with Gasteiger partial charge in [0.15, 0.2) is 10.8 Å². The normalized spacial score (nSPS) is 18.9. The molecule has 1 atom stereocenters. The van der Waals surface area contributed by atoms with Crippen LogP contribution in [0.1, 0.15) is 25.3 Å². The van der Waals surface area contributed by atoms with Crippen molar-refractivity contribution in [3.8, 4) is 0 Å². The molecule has 0 aliphatic carbocycles. The van der Waals surface area contributed by atoms with Crippen LogP contribution in [0.15, 0.2) is 56.7 Å². The van der Waals surface area contributed by atoms with E-state index in [4.69, 9.17) is 10.2 Å². The highest BCUT2D eigenvalue weighted by atomic mass is 32.2. The van der Waals surface area contributed by atoms with Gasteiger partial charge in [0.05, 0.1) is 11.1 Å². The van der Waals surface area contributed by atoms with Gasteiger partial charge in [-0.25, -0.2) is 9.18 Å². The quantitative estimate of drug-likeness (QED) is 0.648. The number of benzene rings is 2. The Morgan fingerprint density at radius 1 is 1.37 bits per heavy atom. The number of carbonyl (C=O) groups excluding carboxylic acids is 1. The number of oxazole rings is 1. The van der Waals surface area contributed by atoms with Gasteiger partial charge in [-0.05, 0) is 43.7 Å². The predicted octanol–water partition coefficient (Wildman–Crippen LogP) is 3.43. The maximum Gasteiger partial charge on any atom is 0.419 e. The van der Waals surface area contributed by atoms with E-state index in [0.29, 0.717) is 33.9 Å². The van der Waals surface area contributed by atoms with Gasteiger partial charge in [0.1, 0.15) is 5.82 Å². The van der Waals surface area contributed by atoms with Crippen LogP contribution in [0.2, 0.25) is 0 Å². The van der Waals surface area contributed by atoms with Crippen molar-refractivity contribution in [1.29, 1.82) is 0 Å². The second-order valence-corrected chi connectivity index (χ2v) is 8.42. The molecule has 1 aliphatic heterocycles. The number of anilines is 1. The molecular formula is C21H21FN4O3S. The van der Waals surface area contributed by atoms with Crippen LogP contribution < -0.4 is 16.8 Å². The number of nitrogens with zero attached hydrogens (tertiary/aromatic N) is 2. The highest BCUT2D eigenvalue weighted by Crippen LogP contribution is 2.37. The molecule has 0 radical (unpaired) electrons. The van der Waals surface area contributed by atoms with E-state index in [0.717, 1.165) is 5.75 Å². The average Bonchev–Trinajstić information content (AvgIpc) is 3.02. The predicted molar refractivity (Wildman–Crippen MR) is 116 cm³/mol. The number of aryl methyl sites for hydroxylation is 1. The number of nitrogens with two attached hydrogens (primary N) is 1. The fourth-order valence-corrected chi connectivity index (χ4v) is 4.53. The van der Waals surface area contributed by atoms with Gasteiger partial charge < -0.3 is 15.5 Å². The highest BCUT2D eigenvalue weighted by molar-refractivity contribution is 8.13. The lowest BCUT2D eigenvalue weighted by atomic mass is 9.89. The summed E-state index contributed by atoms with van der Waals surface area (Å²) in [6.45, 7) is 2.01. The first-order chi connectivity index (χ1) is 14.4. The molecule has 9 heteroatoms. The largest absolute Gasteiger partial charge is 0.419 e. The number of aromatic nitrogens is 1. The molecule has 3 N–H and O–H groups in total. The van der Waals surface area contributed by atoms with Crippen molar-refractivity contribution in [3.63, 3.8) is 0 Å². The maximum absolute atomic E-state index is 14.5. The van der Waals surface area contributed by atoms with E-state index in [1.54, 1.807) is 30.3 Å². The number of nitrogens with one attached hydrogen (secondary N) is 1. The Hall–Kier alpha value is -3.07. The van der Waals surface area contributed by atoms with E-state index >= 15 is 0 Å². The lowest BCUT2D eigenvalue weighted by Crippen LogP contribution is -2.30. The summed E-state index contributed by atoms with van der Waals surface area (Å²) >= 11 is 1.44. The third-order valence-electron chi connectivity index (χ3n) is 5.16. The number of carbonyl (C=O) groups is 1. The Labute approximate surface area is 176 Å². The molecule has 0 saturated heterocycles. The fraction of sp³-hybridized carbons (Fsp3) is 0.286. The first kappa shape index (κ1) is 20.2. The number of amides is 1. The lowest BCUT2D eigenvalue weighted by molar-refractivity contribution is -0.116. The Kier molecular flexibility index (Phi) is 5.38. The molecule has 0 bridgehead atoms. The van der Waals surface area contributed by atoms with Crippen molar-refractivity contribution in [2.75, 3.05) is 11.1 Å². The number of rotatable bonds is 5. The van der Waals surface area contributed by atoms with Crippen LogP contribution in [0.5, 0.6) is 0 Å². The number of hydrogen-bond acceptors (Lipinski definition) is 6. The van der Waals surface area contributed by atoms with Gasteiger partial charge in [-0.1, -0.05) is 23.9 Å². The van der Waals surface area contributed by atoms with Crippen LogP contribution in [0.4, 0.5) is 10.1 Å². The van der Waals surface area contributed by atoms with Gasteiger partial charge in [-0.2, -0.15) is 0 Å².